The highest BCUT2D eigenvalue weighted by Gasteiger charge is 2.19. The molecular weight excluding hydrogens is 432 g/mol. The van der Waals surface area contributed by atoms with E-state index in [0.717, 1.165) is 16.1 Å². The van der Waals surface area contributed by atoms with Gasteiger partial charge in [-0.3, -0.25) is 9.59 Å². The summed E-state index contributed by atoms with van der Waals surface area (Å²) in [6.45, 7) is 3.44. The molecule has 0 saturated heterocycles. The van der Waals surface area contributed by atoms with Gasteiger partial charge in [0.05, 0.1) is 21.3 Å². The molecule has 0 aliphatic carbocycles. The second kappa shape index (κ2) is 7.68. The third kappa shape index (κ3) is 3.78. The summed E-state index contributed by atoms with van der Waals surface area (Å²) in [7, 11) is 0. The molecule has 0 radical (unpaired) electrons. The molecule has 0 saturated carbocycles. The van der Waals surface area contributed by atoms with Crippen molar-refractivity contribution in [1.29, 1.82) is 0 Å². The molecule has 0 unspecified atom stereocenters. The summed E-state index contributed by atoms with van der Waals surface area (Å²) in [5.41, 5.74) is 2.19. The number of Topliss-reactive ketones (excluding diaryl/α,β-unsaturated/α-hetero) is 1. The maximum Gasteiger partial charge on any atom is 0.287 e. The fourth-order valence-corrected chi connectivity index (χ4v) is 3.41. The zero-order chi connectivity index (χ0) is 19.9. The average molecular weight is 445 g/mol. The summed E-state index contributed by atoms with van der Waals surface area (Å²) < 4.78 is 2.88. The quantitative estimate of drug-likeness (QED) is 0.523. The van der Waals surface area contributed by atoms with Crippen LogP contribution in [0.15, 0.2) is 35.3 Å². The lowest BCUT2D eigenvalue weighted by atomic mass is 10.1. The molecule has 3 rings (SSSR count). The Balaban J connectivity index is 1.99. The molecule has 0 aliphatic rings. The van der Waals surface area contributed by atoms with E-state index in [2.05, 4.69) is 5.10 Å². The second-order valence-corrected chi connectivity index (χ2v) is 7.51. The summed E-state index contributed by atoms with van der Waals surface area (Å²) in [5, 5.41) is 4.62. The van der Waals surface area contributed by atoms with Crippen LogP contribution in [0, 0.1) is 13.8 Å². The number of aryl methyl sites for hydroxylation is 1. The van der Waals surface area contributed by atoms with Crippen LogP contribution in [0.2, 0.25) is 20.1 Å². The fraction of sp³-hybridized carbons (Fsp3) is 0.167. The van der Waals surface area contributed by atoms with E-state index >= 15 is 0 Å². The maximum atomic E-state index is 12.8. The monoisotopic (exact) mass is 443 g/mol. The van der Waals surface area contributed by atoms with E-state index in [4.69, 9.17) is 46.4 Å². The van der Waals surface area contributed by atoms with Gasteiger partial charge in [-0.05, 0) is 38.1 Å². The topological polar surface area (TPSA) is 56.9 Å². The molecule has 2 heterocycles. The van der Waals surface area contributed by atoms with Gasteiger partial charge in [-0.15, -0.1) is 0 Å². The number of hydrogen-bond acceptors (Lipinski definition) is 3. The van der Waals surface area contributed by atoms with Crippen molar-refractivity contribution in [3.05, 3.63) is 77.9 Å². The Labute approximate surface area is 175 Å². The highest BCUT2D eigenvalue weighted by Crippen LogP contribution is 2.28. The fourth-order valence-electron chi connectivity index (χ4n) is 2.85. The molecule has 27 heavy (non-hydrogen) atoms. The van der Waals surface area contributed by atoms with Crippen molar-refractivity contribution >= 4 is 52.2 Å². The van der Waals surface area contributed by atoms with Gasteiger partial charge in [0.2, 0.25) is 0 Å². The minimum Gasteiger partial charge on any atom is -0.318 e. The van der Waals surface area contributed by atoms with Crippen molar-refractivity contribution in [2.75, 3.05) is 0 Å². The van der Waals surface area contributed by atoms with Crippen LogP contribution in [-0.2, 0) is 6.54 Å². The van der Waals surface area contributed by atoms with E-state index in [1.54, 1.807) is 18.2 Å². The number of halogens is 4. The van der Waals surface area contributed by atoms with Crippen molar-refractivity contribution in [3.8, 4) is 5.69 Å². The number of nitrogens with zero attached hydrogens (tertiary/aromatic N) is 3. The van der Waals surface area contributed by atoms with Crippen LogP contribution in [0.25, 0.3) is 5.69 Å². The van der Waals surface area contributed by atoms with Gasteiger partial charge in [-0.1, -0.05) is 46.4 Å². The van der Waals surface area contributed by atoms with Gasteiger partial charge in [-0.25, -0.2) is 4.68 Å². The minimum absolute atomic E-state index is 0.0446. The number of carbonyl (C=O) groups is 1. The lowest BCUT2D eigenvalue weighted by molar-refractivity contribution is 0.0965. The van der Waals surface area contributed by atoms with E-state index in [1.807, 2.05) is 24.5 Å². The molecule has 0 fully saturated rings. The summed E-state index contributed by atoms with van der Waals surface area (Å²) in [4.78, 5) is 24.9. The Morgan fingerprint density at radius 3 is 2.41 bits per heavy atom. The zero-order valence-electron chi connectivity index (χ0n) is 14.3. The number of hydrogen-bond donors (Lipinski definition) is 0. The maximum absolute atomic E-state index is 12.8. The number of ketones is 1. The Bertz CT molecular complexity index is 1120. The van der Waals surface area contributed by atoms with Crippen LogP contribution in [0.4, 0.5) is 0 Å². The largest absolute Gasteiger partial charge is 0.318 e. The predicted molar refractivity (Wildman–Crippen MR) is 108 cm³/mol. The minimum atomic E-state index is -0.615. The number of benzene rings is 1. The smallest absolute Gasteiger partial charge is 0.287 e. The van der Waals surface area contributed by atoms with Crippen molar-refractivity contribution in [2.45, 2.75) is 20.4 Å². The van der Waals surface area contributed by atoms with Crippen molar-refractivity contribution in [1.82, 2.24) is 14.3 Å². The molecular formula is C18H13Cl4N3O2. The SMILES string of the molecule is Cc1cc(C(=O)Cn2ncc(Cl)c(Cl)c2=O)c(C)n1-c1ccc(Cl)c(Cl)c1. The van der Waals surface area contributed by atoms with E-state index in [1.165, 1.54) is 6.20 Å². The number of carbonyl (C=O) groups excluding carboxylic acids is 1. The van der Waals surface area contributed by atoms with Gasteiger partial charge >= 0.3 is 0 Å². The first kappa shape index (κ1) is 20.0. The van der Waals surface area contributed by atoms with Gasteiger partial charge in [0.25, 0.3) is 5.56 Å². The molecule has 0 bridgehead atoms. The summed E-state index contributed by atoms with van der Waals surface area (Å²) in [6.07, 6.45) is 1.23. The first-order chi connectivity index (χ1) is 12.7. The zero-order valence-corrected chi connectivity index (χ0v) is 17.3. The van der Waals surface area contributed by atoms with Crippen LogP contribution < -0.4 is 5.56 Å². The number of aromatic nitrogens is 3. The Morgan fingerprint density at radius 2 is 1.74 bits per heavy atom. The van der Waals surface area contributed by atoms with Crippen molar-refractivity contribution in [3.63, 3.8) is 0 Å². The van der Waals surface area contributed by atoms with Gasteiger partial charge in [0, 0.05) is 22.6 Å². The highest BCUT2D eigenvalue weighted by molar-refractivity contribution is 6.42. The van der Waals surface area contributed by atoms with Crippen LogP contribution in [-0.4, -0.2) is 20.1 Å². The van der Waals surface area contributed by atoms with Gasteiger partial charge < -0.3 is 4.57 Å². The van der Waals surface area contributed by atoms with E-state index in [0.29, 0.717) is 21.3 Å². The summed E-state index contributed by atoms with van der Waals surface area (Å²) in [6, 6.07) is 6.98. The molecule has 0 atom stereocenters. The van der Waals surface area contributed by atoms with E-state index < -0.39 is 5.56 Å². The standard InChI is InChI=1S/C18H13Cl4N3O2/c1-9-5-12(10(2)25(9)11-3-4-13(19)14(20)6-11)16(26)8-24-18(27)17(22)15(21)7-23-24/h3-7H,8H2,1-2H3. The van der Waals surface area contributed by atoms with Crippen LogP contribution in [0.3, 0.4) is 0 Å². The van der Waals surface area contributed by atoms with Gasteiger partial charge in [0.1, 0.15) is 11.6 Å². The Kier molecular flexibility index (Phi) is 5.68. The predicted octanol–water partition coefficient (Wildman–Crippen LogP) is 5.15. The molecule has 0 amide bonds. The summed E-state index contributed by atoms with van der Waals surface area (Å²) in [5.74, 6) is -0.276. The molecule has 0 N–H and O–H groups in total. The Morgan fingerprint density at radius 1 is 1.04 bits per heavy atom. The second-order valence-electron chi connectivity index (χ2n) is 5.91. The Hall–Kier alpha value is -1.79. The first-order valence-corrected chi connectivity index (χ1v) is 9.30. The van der Waals surface area contributed by atoms with Crippen molar-refractivity contribution < 1.29 is 4.79 Å². The number of rotatable bonds is 4. The molecule has 0 spiro atoms. The first-order valence-electron chi connectivity index (χ1n) is 7.79. The molecule has 9 heteroatoms. The molecule has 140 valence electrons. The van der Waals surface area contributed by atoms with Gasteiger partial charge in [-0.2, -0.15) is 5.10 Å². The lowest BCUT2D eigenvalue weighted by Crippen LogP contribution is -2.27. The third-order valence-corrected chi connectivity index (χ3v) is 5.62. The third-order valence-electron chi connectivity index (χ3n) is 4.13. The highest BCUT2D eigenvalue weighted by atomic mass is 35.5. The van der Waals surface area contributed by atoms with E-state index in [9.17, 15) is 9.59 Å². The molecule has 2 aromatic heterocycles. The van der Waals surface area contributed by atoms with Crippen LogP contribution in [0.5, 0.6) is 0 Å². The summed E-state index contributed by atoms with van der Waals surface area (Å²) >= 11 is 23.7. The molecule has 3 aromatic rings. The molecule has 1 aromatic carbocycles. The normalized spacial score (nSPS) is 11.0. The molecule has 5 nitrogen and oxygen atoms in total. The lowest BCUT2D eigenvalue weighted by Gasteiger charge is -2.11. The molecule has 0 aliphatic heterocycles. The van der Waals surface area contributed by atoms with Crippen molar-refractivity contribution in [2.24, 2.45) is 0 Å². The average Bonchev–Trinajstić information content (AvgIpc) is 2.92. The van der Waals surface area contributed by atoms with Gasteiger partial charge in [0.15, 0.2) is 5.78 Å². The van der Waals surface area contributed by atoms with E-state index in [-0.39, 0.29) is 22.4 Å². The van der Waals surface area contributed by atoms with Crippen LogP contribution >= 0.6 is 46.4 Å². The van der Waals surface area contributed by atoms with Crippen LogP contribution in [0.1, 0.15) is 21.7 Å².